The molecule has 1 aromatic heterocycles. The van der Waals surface area contributed by atoms with Crippen LogP contribution < -0.4 is 4.90 Å². The molecule has 14 rings (SSSR count). The molecule has 1 aliphatic carbocycles. The van der Waals surface area contributed by atoms with Gasteiger partial charge in [-0.3, -0.25) is 0 Å². The highest BCUT2D eigenvalue weighted by molar-refractivity contribution is 7.25. The summed E-state index contributed by atoms with van der Waals surface area (Å²) in [7, 11) is 0. The summed E-state index contributed by atoms with van der Waals surface area (Å²) in [6.07, 6.45) is 0. The lowest BCUT2D eigenvalue weighted by Gasteiger charge is -2.34. The van der Waals surface area contributed by atoms with E-state index < -0.39 is 5.41 Å². The van der Waals surface area contributed by atoms with E-state index >= 15 is 0 Å². The molecule has 0 N–H and O–H groups in total. The van der Waals surface area contributed by atoms with E-state index in [2.05, 4.69) is 290 Å². The number of rotatable bonds is 9. The van der Waals surface area contributed by atoms with Crippen molar-refractivity contribution >= 4 is 59.3 Å². The van der Waals surface area contributed by atoms with Crippen LogP contribution in [0, 0.1) is 0 Å². The first-order chi connectivity index (χ1) is 36.2. The number of hydrogen-bond acceptors (Lipinski definition) is 2. The van der Waals surface area contributed by atoms with E-state index in [9.17, 15) is 0 Å². The standard InChI is InChI=1S/C71H47NS/c1-3-22-57(23-4-1)71(58-24-5-2-6-25-58)66-29-11-9-27-65(66)70-62(28-15-30-67(70)71)50-36-40-60(41-37-50)72(61-42-43-64-63-26-10-12-31-68(63)73-69(64)47-61)59-38-34-49(35-39-59)52-18-13-19-53(44-52)54-20-14-21-55(46-54)56-33-32-48-16-7-8-17-51(48)45-56/h1-47H. The summed E-state index contributed by atoms with van der Waals surface area (Å²) in [5.41, 5.74) is 20.2. The zero-order valence-electron chi connectivity index (χ0n) is 40.0. The molecule has 0 spiro atoms. The molecule has 0 saturated heterocycles. The maximum absolute atomic E-state index is 2.41. The topological polar surface area (TPSA) is 3.24 Å². The fraction of sp³-hybridized carbons (Fsp3) is 0.0141. The Hall–Kier alpha value is -9.08. The van der Waals surface area contributed by atoms with Gasteiger partial charge in [0.05, 0.1) is 5.41 Å². The molecule has 0 amide bonds. The molecule has 1 heterocycles. The number of anilines is 3. The summed E-state index contributed by atoms with van der Waals surface area (Å²) in [6.45, 7) is 0. The molecule has 0 atom stereocenters. The van der Waals surface area contributed by atoms with Gasteiger partial charge in [0.25, 0.3) is 0 Å². The minimum atomic E-state index is -0.455. The second-order valence-corrected chi connectivity index (χ2v) is 20.3. The molecule has 342 valence electrons. The molecule has 73 heavy (non-hydrogen) atoms. The Kier molecular flexibility index (Phi) is 10.3. The SMILES string of the molecule is c1ccc(C2(c3ccccc3)c3ccccc3-c3c(-c4ccc(N(c5ccc(-c6cccc(-c7cccc(-c8ccc9ccccc9c8)c7)c6)cc5)c5ccc6c(c5)sc5ccccc56)cc4)cccc32)cc1. The average molecular weight is 946 g/mol. The molecule has 0 aliphatic heterocycles. The maximum atomic E-state index is 2.41. The minimum Gasteiger partial charge on any atom is -0.310 e. The van der Waals surface area contributed by atoms with Crippen molar-refractivity contribution in [3.8, 4) is 55.6 Å². The minimum absolute atomic E-state index is 0.455. The van der Waals surface area contributed by atoms with Gasteiger partial charge >= 0.3 is 0 Å². The molecule has 1 aliphatic rings. The lowest BCUT2D eigenvalue weighted by Crippen LogP contribution is -2.28. The van der Waals surface area contributed by atoms with E-state index in [1.807, 2.05) is 11.3 Å². The molecule has 0 fully saturated rings. The quantitative estimate of drug-likeness (QED) is 0.139. The monoisotopic (exact) mass is 945 g/mol. The van der Waals surface area contributed by atoms with Gasteiger partial charge in [-0.1, -0.05) is 224 Å². The van der Waals surface area contributed by atoms with E-state index in [0.29, 0.717) is 0 Å². The van der Waals surface area contributed by atoms with Crippen LogP contribution in [0.4, 0.5) is 17.1 Å². The van der Waals surface area contributed by atoms with Crippen molar-refractivity contribution in [3.63, 3.8) is 0 Å². The largest absolute Gasteiger partial charge is 0.310 e. The third kappa shape index (κ3) is 7.21. The Balaban J connectivity index is 0.845. The molecular formula is C71H47NS. The Labute approximate surface area is 430 Å². The van der Waals surface area contributed by atoms with E-state index in [0.717, 1.165) is 17.1 Å². The van der Waals surface area contributed by atoms with Gasteiger partial charge in [0.2, 0.25) is 0 Å². The van der Waals surface area contributed by atoms with E-state index in [-0.39, 0.29) is 0 Å². The summed E-state index contributed by atoms with van der Waals surface area (Å²) in [5.74, 6) is 0. The van der Waals surface area contributed by atoms with Gasteiger partial charge in [0.1, 0.15) is 0 Å². The fourth-order valence-corrected chi connectivity index (χ4v) is 12.9. The van der Waals surface area contributed by atoms with Gasteiger partial charge in [-0.25, -0.2) is 0 Å². The van der Waals surface area contributed by atoms with Crippen LogP contribution in [0.1, 0.15) is 22.3 Å². The molecule has 2 heteroatoms. The van der Waals surface area contributed by atoms with Crippen molar-refractivity contribution in [2.75, 3.05) is 4.90 Å². The summed E-state index contributed by atoms with van der Waals surface area (Å²) < 4.78 is 2.58. The molecule has 0 radical (unpaired) electrons. The van der Waals surface area contributed by atoms with Crippen LogP contribution in [0.5, 0.6) is 0 Å². The molecule has 1 nitrogen and oxygen atoms in total. The Bertz CT molecular complexity index is 4150. The predicted octanol–water partition coefficient (Wildman–Crippen LogP) is 19.7. The third-order valence-electron chi connectivity index (χ3n) is 15.1. The predicted molar refractivity (Wildman–Crippen MR) is 311 cm³/mol. The first kappa shape index (κ1) is 42.8. The Morgan fingerprint density at radius 2 is 0.767 bits per heavy atom. The number of thiophene rings is 1. The first-order valence-electron chi connectivity index (χ1n) is 25.1. The highest BCUT2D eigenvalue weighted by Crippen LogP contribution is 2.58. The lowest BCUT2D eigenvalue weighted by molar-refractivity contribution is 0.768. The zero-order valence-corrected chi connectivity index (χ0v) is 40.8. The summed E-state index contributed by atoms with van der Waals surface area (Å²) in [5, 5.41) is 5.10. The van der Waals surface area contributed by atoms with Crippen molar-refractivity contribution < 1.29 is 0 Å². The first-order valence-corrected chi connectivity index (χ1v) is 26.0. The summed E-state index contributed by atoms with van der Waals surface area (Å²) in [6, 6.07) is 105. The Morgan fingerprint density at radius 1 is 0.274 bits per heavy atom. The van der Waals surface area contributed by atoms with Crippen molar-refractivity contribution in [2.24, 2.45) is 0 Å². The van der Waals surface area contributed by atoms with Crippen LogP contribution in [0.3, 0.4) is 0 Å². The Morgan fingerprint density at radius 3 is 1.47 bits per heavy atom. The smallest absolute Gasteiger partial charge is 0.0713 e. The maximum Gasteiger partial charge on any atom is 0.0713 e. The third-order valence-corrected chi connectivity index (χ3v) is 16.3. The number of hydrogen-bond donors (Lipinski definition) is 0. The van der Waals surface area contributed by atoms with Crippen LogP contribution >= 0.6 is 11.3 Å². The second-order valence-electron chi connectivity index (χ2n) is 19.2. The van der Waals surface area contributed by atoms with Gasteiger partial charge in [0.15, 0.2) is 0 Å². The van der Waals surface area contributed by atoms with Crippen molar-refractivity contribution in [1.82, 2.24) is 0 Å². The van der Waals surface area contributed by atoms with Gasteiger partial charge in [-0.05, 0) is 149 Å². The molecule has 0 saturated carbocycles. The van der Waals surface area contributed by atoms with Crippen molar-refractivity contribution in [3.05, 3.63) is 307 Å². The van der Waals surface area contributed by atoms with Crippen LogP contribution in [0.15, 0.2) is 285 Å². The highest BCUT2D eigenvalue weighted by atomic mass is 32.1. The normalized spacial score (nSPS) is 12.5. The van der Waals surface area contributed by atoms with Crippen LogP contribution in [0.25, 0.3) is 86.6 Å². The number of fused-ring (bicyclic) bond motifs is 7. The number of nitrogens with zero attached hydrogens (tertiary/aromatic N) is 1. The van der Waals surface area contributed by atoms with E-state index in [4.69, 9.17) is 0 Å². The second kappa shape index (κ2) is 17.6. The van der Waals surface area contributed by atoms with E-state index in [1.54, 1.807) is 0 Å². The van der Waals surface area contributed by atoms with E-state index in [1.165, 1.54) is 109 Å². The van der Waals surface area contributed by atoms with Crippen LogP contribution in [-0.2, 0) is 5.41 Å². The molecule has 12 aromatic carbocycles. The molecule has 13 aromatic rings. The fourth-order valence-electron chi connectivity index (χ4n) is 11.8. The number of benzene rings is 12. The lowest BCUT2D eigenvalue weighted by atomic mass is 9.67. The average Bonchev–Trinajstić information content (AvgIpc) is 4.05. The molecular weight excluding hydrogens is 899 g/mol. The van der Waals surface area contributed by atoms with Gasteiger partial charge < -0.3 is 4.90 Å². The van der Waals surface area contributed by atoms with Gasteiger partial charge in [0, 0.05) is 37.2 Å². The zero-order chi connectivity index (χ0) is 48.3. The van der Waals surface area contributed by atoms with Crippen molar-refractivity contribution in [1.29, 1.82) is 0 Å². The summed E-state index contributed by atoms with van der Waals surface area (Å²) >= 11 is 1.86. The van der Waals surface area contributed by atoms with Gasteiger partial charge in [-0.2, -0.15) is 0 Å². The molecule has 0 bridgehead atoms. The summed E-state index contributed by atoms with van der Waals surface area (Å²) in [4.78, 5) is 2.41. The van der Waals surface area contributed by atoms with Crippen LogP contribution in [0.2, 0.25) is 0 Å². The van der Waals surface area contributed by atoms with Crippen molar-refractivity contribution in [2.45, 2.75) is 5.41 Å². The van der Waals surface area contributed by atoms with Crippen LogP contribution in [-0.4, -0.2) is 0 Å². The molecule has 0 unspecified atom stereocenters. The van der Waals surface area contributed by atoms with Gasteiger partial charge in [-0.15, -0.1) is 11.3 Å². The highest BCUT2D eigenvalue weighted by Gasteiger charge is 2.46.